The van der Waals surface area contributed by atoms with E-state index in [1.165, 1.54) is 20.3 Å². The molecule has 142 valence electrons. The zero-order chi connectivity index (χ0) is 19.7. The molecule has 2 aromatic carbocycles. The Labute approximate surface area is 155 Å². The van der Waals surface area contributed by atoms with E-state index >= 15 is 0 Å². The number of esters is 1. The van der Waals surface area contributed by atoms with Crippen molar-refractivity contribution in [1.29, 1.82) is 0 Å². The van der Waals surface area contributed by atoms with Crippen LogP contribution in [0.15, 0.2) is 33.5 Å². The van der Waals surface area contributed by atoms with E-state index in [2.05, 4.69) is 4.74 Å². The minimum Gasteiger partial charge on any atom is -0.504 e. The molecule has 0 radical (unpaired) electrons. The molecule has 3 aromatic rings. The van der Waals surface area contributed by atoms with Crippen LogP contribution in [-0.2, 0) is 11.2 Å². The second-order valence-electron chi connectivity index (χ2n) is 6.48. The maximum Gasteiger partial charge on any atom is 0.374 e. The van der Waals surface area contributed by atoms with Gasteiger partial charge in [0, 0.05) is 11.9 Å². The standard InChI is InChI=1S/C20H21NO6/c1-21(2)8-7-11-9-14(25-3)18(22)17-13(11)6-5-12-10-15(19(23)26-4)27-20(24)16(12)17/h5-6,9-10,22H,7-8H2,1-4H3. The van der Waals surface area contributed by atoms with E-state index in [-0.39, 0.29) is 22.6 Å². The molecule has 1 N–H and O–H groups in total. The second kappa shape index (κ2) is 7.28. The third-order valence-corrected chi connectivity index (χ3v) is 4.49. The van der Waals surface area contributed by atoms with Crippen LogP contribution in [0.5, 0.6) is 11.5 Å². The van der Waals surface area contributed by atoms with Crippen LogP contribution < -0.4 is 10.4 Å². The van der Waals surface area contributed by atoms with Crippen molar-refractivity contribution in [3.63, 3.8) is 0 Å². The molecule has 0 aliphatic rings. The van der Waals surface area contributed by atoms with Gasteiger partial charge in [-0.2, -0.15) is 0 Å². The number of rotatable bonds is 5. The van der Waals surface area contributed by atoms with Crippen molar-refractivity contribution < 1.29 is 23.8 Å². The van der Waals surface area contributed by atoms with Gasteiger partial charge < -0.3 is 23.9 Å². The van der Waals surface area contributed by atoms with Crippen LogP contribution in [0, 0.1) is 0 Å². The van der Waals surface area contributed by atoms with E-state index in [4.69, 9.17) is 9.15 Å². The first kappa shape index (κ1) is 18.7. The molecule has 0 saturated carbocycles. The van der Waals surface area contributed by atoms with Crippen molar-refractivity contribution in [2.24, 2.45) is 0 Å². The minimum absolute atomic E-state index is 0.134. The van der Waals surface area contributed by atoms with E-state index < -0.39 is 11.6 Å². The van der Waals surface area contributed by atoms with E-state index in [0.29, 0.717) is 17.2 Å². The quantitative estimate of drug-likeness (QED) is 0.544. The molecule has 0 aliphatic carbocycles. The summed E-state index contributed by atoms with van der Waals surface area (Å²) in [7, 11) is 6.61. The number of nitrogens with zero attached hydrogens (tertiary/aromatic N) is 1. The summed E-state index contributed by atoms with van der Waals surface area (Å²) in [5.74, 6) is -0.787. The van der Waals surface area contributed by atoms with Crippen molar-refractivity contribution in [2.75, 3.05) is 34.9 Å². The summed E-state index contributed by atoms with van der Waals surface area (Å²) in [4.78, 5) is 26.4. The highest BCUT2D eigenvalue weighted by atomic mass is 16.5. The van der Waals surface area contributed by atoms with Gasteiger partial charge in [-0.1, -0.05) is 12.1 Å². The zero-order valence-corrected chi connectivity index (χ0v) is 15.7. The lowest BCUT2D eigenvalue weighted by Crippen LogP contribution is -2.15. The molecule has 0 spiro atoms. The Hall–Kier alpha value is -3.06. The molecule has 0 aliphatic heterocycles. The number of carbonyl (C=O) groups is 1. The molecule has 3 rings (SSSR count). The molecular formula is C20H21NO6. The summed E-state index contributed by atoms with van der Waals surface area (Å²) in [6.07, 6.45) is 0.706. The second-order valence-corrected chi connectivity index (χ2v) is 6.48. The SMILES string of the molecule is COC(=O)c1cc2ccc3c(CCN(C)C)cc(OC)c(O)c3c2c(=O)o1. The predicted octanol–water partition coefficient (Wildman–Crippen LogP) is 2.55. The van der Waals surface area contributed by atoms with Crippen LogP contribution in [0.1, 0.15) is 16.1 Å². The number of fused-ring (bicyclic) bond motifs is 3. The number of aromatic hydroxyl groups is 1. The third kappa shape index (κ3) is 3.33. The van der Waals surface area contributed by atoms with Crippen LogP contribution in [0.4, 0.5) is 0 Å². The fourth-order valence-electron chi connectivity index (χ4n) is 3.13. The number of likely N-dealkylation sites (N-methyl/N-ethyl adjacent to an activating group) is 1. The van der Waals surface area contributed by atoms with Crippen molar-refractivity contribution in [2.45, 2.75) is 6.42 Å². The van der Waals surface area contributed by atoms with Gasteiger partial charge in [0.1, 0.15) is 0 Å². The Bertz CT molecular complexity index is 1080. The Balaban J connectivity index is 2.37. The molecule has 27 heavy (non-hydrogen) atoms. The largest absolute Gasteiger partial charge is 0.504 e. The van der Waals surface area contributed by atoms with Crippen molar-refractivity contribution in [3.05, 3.63) is 46.0 Å². The van der Waals surface area contributed by atoms with Gasteiger partial charge >= 0.3 is 11.6 Å². The highest BCUT2D eigenvalue weighted by Crippen LogP contribution is 2.40. The van der Waals surface area contributed by atoms with Gasteiger partial charge in [-0.05, 0) is 49.0 Å². The topological polar surface area (TPSA) is 89.2 Å². The first-order valence-electron chi connectivity index (χ1n) is 8.39. The van der Waals surface area contributed by atoms with Crippen LogP contribution >= 0.6 is 0 Å². The van der Waals surface area contributed by atoms with Crippen molar-refractivity contribution >= 4 is 27.5 Å². The lowest BCUT2D eigenvalue weighted by molar-refractivity contribution is 0.0560. The number of phenolic OH excluding ortho intramolecular Hbond substituents is 1. The monoisotopic (exact) mass is 371 g/mol. The summed E-state index contributed by atoms with van der Waals surface area (Å²) in [5, 5.41) is 12.5. The number of methoxy groups -OCH3 is 2. The van der Waals surface area contributed by atoms with Crippen molar-refractivity contribution in [3.8, 4) is 11.5 Å². The Kier molecular flexibility index (Phi) is 5.05. The van der Waals surface area contributed by atoms with Crippen LogP contribution in [0.3, 0.4) is 0 Å². The average molecular weight is 371 g/mol. The molecule has 1 heterocycles. The lowest BCUT2D eigenvalue weighted by Gasteiger charge is -2.15. The molecule has 0 unspecified atom stereocenters. The van der Waals surface area contributed by atoms with E-state index in [1.54, 1.807) is 12.1 Å². The molecule has 0 saturated heterocycles. The Morgan fingerprint density at radius 1 is 1.19 bits per heavy atom. The highest BCUT2D eigenvalue weighted by Gasteiger charge is 2.19. The maximum atomic E-state index is 12.6. The summed E-state index contributed by atoms with van der Waals surface area (Å²) in [6, 6.07) is 6.76. The van der Waals surface area contributed by atoms with Gasteiger partial charge in [0.05, 0.1) is 19.6 Å². The van der Waals surface area contributed by atoms with Gasteiger partial charge in [0.25, 0.3) is 0 Å². The average Bonchev–Trinajstić information content (AvgIpc) is 2.66. The number of hydrogen-bond acceptors (Lipinski definition) is 7. The maximum absolute atomic E-state index is 12.6. The Morgan fingerprint density at radius 3 is 2.56 bits per heavy atom. The van der Waals surface area contributed by atoms with Gasteiger partial charge in [-0.3, -0.25) is 0 Å². The molecule has 0 atom stereocenters. The van der Waals surface area contributed by atoms with Crippen LogP contribution in [-0.4, -0.2) is 50.8 Å². The first-order chi connectivity index (χ1) is 12.9. The zero-order valence-electron chi connectivity index (χ0n) is 15.7. The number of phenols is 1. The lowest BCUT2D eigenvalue weighted by atomic mass is 9.96. The fourth-order valence-corrected chi connectivity index (χ4v) is 3.13. The summed E-state index contributed by atoms with van der Waals surface area (Å²) >= 11 is 0. The minimum atomic E-state index is -0.740. The van der Waals surface area contributed by atoms with Gasteiger partial charge in [-0.25, -0.2) is 9.59 Å². The van der Waals surface area contributed by atoms with Gasteiger partial charge in [-0.15, -0.1) is 0 Å². The molecule has 0 fully saturated rings. The highest BCUT2D eigenvalue weighted by molar-refractivity contribution is 6.12. The number of carbonyl (C=O) groups excluding carboxylic acids is 1. The first-order valence-corrected chi connectivity index (χ1v) is 8.39. The predicted molar refractivity (Wildman–Crippen MR) is 102 cm³/mol. The third-order valence-electron chi connectivity index (χ3n) is 4.49. The fraction of sp³-hybridized carbons (Fsp3) is 0.300. The normalized spacial score (nSPS) is 11.3. The Morgan fingerprint density at radius 2 is 1.93 bits per heavy atom. The number of hydrogen-bond donors (Lipinski definition) is 1. The van der Waals surface area contributed by atoms with Crippen LogP contribution in [0.25, 0.3) is 21.5 Å². The molecule has 7 heteroatoms. The number of benzene rings is 2. The summed E-state index contributed by atoms with van der Waals surface area (Å²) in [6.45, 7) is 0.789. The summed E-state index contributed by atoms with van der Waals surface area (Å²) in [5.41, 5.74) is 0.215. The van der Waals surface area contributed by atoms with E-state index in [0.717, 1.165) is 17.5 Å². The smallest absolute Gasteiger partial charge is 0.374 e. The molecule has 0 amide bonds. The number of ether oxygens (including phenoxy) is 2. The van der Waals surface area contributed by atoms with E-state index in [9.17, 15) is 14.7 Å². The van der Waals surface area contributed by atoms with Crippen molar-refractivity contribution in [1.82, 2.24) is 4.90 Å². The molecule has 7 nitrogen and oxygen atoms in total. The summed E-state index contributed by atoms with van der Waals surface area (Å²) < 4.78 is 15.0. The van der Waals surface area contributed by atoms with E-state index in [1.807, 2.05) is 25.1 Å². The van der Waals surface area contributed by atoms with Crippen LogP contribution in [0.2, 0.25) is 0 Å². The molecular weight excluding hydrogens is 350 g/mol. The van der Waals surface area contributed by atoms with Gasteiger partial charge in [0.15, 0.2) is 11.5 Å². The molecule has 0 bridgehead atoms. The van der Waals surface area contributed by atoms with Gasteiger partial charge in [0.2, 0.25) is 5.76 Å². The molecule has 1 aromatic heterocycles.